The quantitative estimate of drug-likeness (QED) is 0.663. The van der Waals surface area contributed by atoms with Gasteiger partial charge in [-0.2, -0.15) is 0 Å². The van der Waals surface area contributed by atoms with E-state index >= 15 is 0 Å². The van der Waals surface area contributed by atoms with Crippen molar-refractivity contribution >= 4 is 32.6 Å². The van der Waals surface area contributed by atoms with Crippen molar-refractivity contribution in [2.24, 2.45) is 0 Å². The number of anilines is 1. The Morgan fingerprint density at radius 2 is 1.97 bits per heavy atom. The third-order valence-electron chi connectivity index (χ3n) is 5.78. The molecule has 1 saturated heterocycles. The van der Waals surface area contributed by atoms with E-state index in [4.69, 9.17) is 9.72 Å². The SMILES string of the molecule is COc1nc2c(cc1C(=O)N1CCCN(c3nc4ccccc4s3)CC1)CCC2. The number of benzene rings is 1. The number of methoxy groups -OCH3 is 1. The molecule has 0 spiro atoms. The molecule has 0 N–H and O–H groups in total. The lowest BCUT2D eigenvalue weighted by molar-refractivity contribution is 0.0762. The minimum absolute atomic E-state index is 0.0233. The van der Waals surface area contributed by atoms with Crippen LogP contribution in [0.4, 0.5) is 5.13 Å². The fourth-order valence-corrected chi connectivity index (χ4v) is 5.26. The molecule has 5 rings (SSSR count). The van der Waals surface area contributed by atoms with Crippen molar-refractivity contribution < 1.29 is 9.53 Å². The van der Waals surface area contributed by atoms with Gasteiger partial charge in [0.2, 0.25) is 5.88 Å². The van der Waals surface area contributed by atoms with Gasteiger partial charge in [-0.3, -0.25) is 4.79 Å². The van der Waals surface area contributed by atoms with E-state index in [0.29, 0.717) is 18.0 Å². The van der Waals surface area contributed by atoms with Crippen LogP contribution in [0.3, 0.4) is 0 Å². The third kappa shape index (κ3) is 3.44. The molecule has 1 fully saturated rings. The van der Waals surface area contributed by atoms with E-state index in [9.17, 15) is 4.79 Å². The van der Waals surface area contributed by atoms with E-state index < -0.39 is 0 Å². The summed E-state index contributed by atoms with van der Waals surface area (Å²) >= 11 is 1.72. The van der Waals surface area contributed by atoms with Crippen molar-refractivity contribution in [3.63, 3.8) is 0 Å². The first-order valence-electron chi connectivity index (χ1n) is 10.2. The predicted octanol–water partition coefficient (Wildman–Crippen LogP) is 3.54. The number of nitrogens with zero attached hydrogens (tertiary/aromatic N) is 4. The molecule has 1 amide bonds. The summed E-state index contributed by atoms with van der Waals surface area (Å²) in [6.45, 7) is 3.10. The fourth-order valence-electron chi connectivity index (χ4n) is 4.24. The van der Waals surface area contributed by atoms with Gasteiger partial charge in [0.05, 0.1) is 17.3 Å². The Kier molecular flexibility index (Phi) is 4.83. The maximum absolute atomic E-state index is 13.3. The number of carbonyl (C=O) groups is 1. The summed E-state index contributed by atoms with van der Waals surface area (Å²) < 4.78 is 6.66. The van der Waals surface area contributed by atoms with Gasteiger partial charge in [-0.05, 0) is 49.4 Å². The Bertz CT molecular complexity index is 1030. The number of aromatic nitrogens is 2. The van der Waals surface area contributed by atoms with E-state index in [2.05, 4.69) is 22.0 Å². The number of fused-ring (bicyclic) bond motifs is 2. The van der Waals surface area contributed by atoms with Crippen molar-refractivity contribution in [2.75, 3.05) is 38.2 Å². The minimum atomic E-state index is 0.0233. The maximum Gasteiger partial charge on any atom is 0.259 e. The van der Waals surface area contributed by atoms with Gasteiger partial charge in [-0.15, -0.1) is 0 Å². The van der Waals surface area contributed by atoms with Crippen LogP contribution in [0.25, 0.3) is 10.2 Å². The molecule has 0 bridgehead atoms. The van der Waals surface area contributed by atoms with E-state index in [1.54, 1.807) is 18.4 Å². The summed E-state index contributed by atoms with van der Waals surface area (Å²) in [7, 11) is 1.59. The van der Waals surface area contributed by atoms with Gasteiger partial charge in [-0.25, -0.2) is 9.97 Å². The normalized spacial score (nSPS) is 16.7. The van der Waals surface area contributed by atoms with Crippen molar-refractivity contribution in [3.05, 3.63) is 47.2 Å². The Hall–Kier alpha value is -2.67. The number of pyridine rings is 1. The molecule has 1 aromatic carbocycles. The zero-order chi connectivity index (χ0) is 19.8. The monoisotopic (exact) mass is 408 g/mol. The number of aryl methyl sites for hydroxylation is 2. The molecule has 0 saturated carbocycles. The summed E-state index contributed by atoms with van der Waals surface area (Å²) in [5.74, 6) is 0.484. The first-order chi connectivity index (χ1) is 14.2. The average Bonchev–Trinajstić information content (AvgIpc) is 3.31. The Morgan fingerprint density at radius 1 is 1.07 bits per heavy atom. The molecule has 2 aromatic heterocycles. The van der Waals surface area contributed by atoms with Crippen LogP contribution in [0, 0.1) is 0 Å². The Morgan fingerprint density at radius 3 is 2.83 bits per heavy atom. The highest BCUT2D eigenvalue weighted by Gasteiger charge is 2.27. The smallest absolute Gasteiger partial charge is 0.259 e. The van der Waals surface area contributed by atoms with E-state index in [1.165, 1.54) is 10.3 Å². The molecular formula is C22H24N4O2S. The third-order valence-corrected chi connectivity index (χ3v) is 6.87. The lowest BCUT2D eigenvalue weighted by Crippen LogP contribution is -2.35. The van der Waals surface area contributed by atoms with Crippen molar-refractivity contribution in [3.8, 4) is 5.88 Å². The van der Waals surface area contributed by atoms with Gasteiger partial charge in [0.1, 0.15) is 5.56 Å². The van der Waals surface area contributed by atoms with E-state index in [-0.39, 0.29) is 5.91 Å². The predicted molar refractivity (Wildman–Crippen MR) is 115 cm³/mol. The lowest BCUT2D eigenvalue weighted by atomic mass is 10.1. The first-order valence-corrected chi connectivity index (χ1v) is 11.0. The van der Waals surface area contributed by atoms with E-state index in [0.717, 1.165) is 61.7 Å². The molecule has 150 valence electrons. The molecule has 6 nitrogen and oxygen atoms in total. The largest absolute Gasteiger partial charge is 0.480 e. The van der Waals surface area contributed by atoms with Crippen LogP contribution in [-0.4, -0.2) is 54.1 Å². The number of hydrogen-bond acceptors (Lipinski definition) is 6. The topological polar surface area (TPSA) is 58.6 Å². The number of thiazole rings is 1. The molecule has 1 aliphatic carbocycles. The number of para-hydroxylation sites is 1. The number of rotatable bonds is 3. The molecule has 29 heavy (non-hydrogen) atoms. The number of ether oxygens (including phenoxy) is 1. The second-order valence-electron chi connectivity index (χ2n) is 7.60. The van der Waals surface area contributed by atoms with Crippen LogP contribution < -0.4 is 9.64 Å². The zero-order valence-electron chi connectivity index (χ0n) is 16.6. The summed E-state index contributed by atoms with van der Waals surface area (Å²) in [5.41, 5.74) is 3.91. The van der Waals surface area contributed by atoms with Crippen LogP contribution >= 0.6 is 11.3 Å². The number of hydrogen-bond donors (Lipinski definition) is 0. The van der Waals surface area contributed by atoms with Crippen molar-refractivity contribution in [2.45, 2.75) is 25.7 Å². The fraction of sp³-hybridized carbons (Fsp3) is 0.409. The highest BCUT2D eigenvalue weighted by Crippen LogP contribution is 2.30. The van der Waals surface area contributed by atoms with E-state index in [1.807, 2.05) is 23.1 Å². The molecule has 7 heteroatoms. The second kappa shape index (κ2) is 7.63. The summed E-state index contributed by atoms with van der Waals surface area (Å²) in [5, 5.41) is 1.04. The Labute approximate surface area is 174 Å². The van der Waals surface area contributed by atoms with Crippen molar-refractivity contribution in [1.29, 1.82) is 0 Å². The molecular weight excluding hydrogens is 384 g/mol. The van der Waals surface area contributed by atoms with Crippen LogP contribution in [0.5, 0.6) is 5.88 Å². The lowest BCUT2D eigenvalue weighted by Gasteiger charge is -2.22. The number of amides is 1. The summed E-state index contributed by atoms with van der Waals surface area (Å²) in [6, 6.07) is 10.2. The summed E-state index contributed by atoms with van der Waals surface area (Å²) in [6.07, 6.45) is 3.99. The van der Waals surface area contributed by atoms with Crippen LogP contribution in [-0.2, 0) is 12.8 Å². The summed E-state index contributed by atoms with van der Waals surface area (Å²) in [4.78, 5) is 26.9. The molecule has 3 heterocycles. The van der Waals surface area contributed by atoms with Gasteiger partial charge < -0.3 is 14.5 Å². The highest BCUT2D eigenvalue weighted by molar-refractivity contribution is 7.22. The highest BCUT2D eigenvalue weighted by atomic mass is 32.1. The maximum atomic E-state index is 13.3. The van der Waals surface area contributed by atoms with Gasteiger partial charge in [-0.1, -0.05) is 23.5 Å². The van der Waals surface area contributed by atoms with Gasteiger partial charge in [0.15, 0.2) is 5.13 Å². The van der Waals surface area contributed by atoms with Gasteiger partial charge >= 0.3 is 0 Å². The molecule has 0 unspecified atom stereocenters. The molecule has 3 aromatic rings. The van der Waals surface area contributed by atoms with Crippen LogP contribution in [0.1, 0.15) is 34.5 Å². The average molecular weight is 409 g/mol. The molecule has 0 atom stereocenters. The first kappa shape index (κ1) is 18.4. The standard InChI is InChI=1S/C22H24N4O2S/c1-28-20-16(14-15-6-4-8-17(15)23-20)21(27)25-10-5-11-26(13-12-25)22-24-18-7-2-3-9-19(18)29-22/h2-3,7,9,14H,4-6,8,10-13H2,1H3. The molecule has 2 aliphatic rings. The Balaban J connectivity index is 1.35. The zero-order valence-corrected chi connectivity index (χ0v) is 17.4. The second-order valence-corrected chi connectivity index (χ2v) is 8.61. The van der Waals surface area contributed by atoms with Crippen LogP contribution in [0.2, 0.25) is 0 Å². The van der Waals surface area contributed by atoms with Gasteiger partial charge in [0, 0.05) is 31.9 Å². The number of carbonyl (C=O) groups excluding carboxylic acids is 1. The van der Waals surface area contributed by atoms with Crippen molar-refractivity contribution in [1.82, 2.24) is 14.9 Å². The van der Waals surface area contributed by atoms with Crippen LogP contribution in [0.15, 0.2) is 30.3 Å². The minimum Gasteiger partial charge on any atom is -0.480 e. The van der Waals surface area contributed by atoms with Gasteiger partial charge in [0.25, 0.3) is 5.91 Å². The molecule has 0 radical (unpaired) electrons. The molecule has 1 aliphatic heterocycles.